The normalized spacial score (nSPS) is 10.2. The summed E-state index contributed by atoms with van der Waals surface area (Å²) in [5.74, 6) is -1.63. The lowest BCUT2D eigenvalue weighted by Gasteiger charge is -2.10. The predicted octanol–water partition coefficient (Wildman–Crippen LogP) is 1.76. The van der Waals surface area contributed by atoms with Crippen molar-refractivity contribution in [2.75, 3.05) is 18.5 Å². The third kappa shape index (κ3) is 6.94. The number of nitrogens with zero attached hydrogens (tertiary/aromatic N) is 1. The second-order valence-electron chi connectivity index (χ2n) is 5.89. The summed E-state index contributed by atoms with van der Waals surface area (Å²) in [6.45, 7) is 5.32. The lowest BCUT2D eigenvalue weighted by atomic mass is 10.2. The molecule has 0 spiro atoms. The van der Waals surface area contributed by atoms with Gasteiger partial charge < -0.3 is 15.4 Å². The number of aryl methyl sites for hydroxylation is 1. The molecular weight excluding hydrogens is 372 g/mol. The predicted molar refractivity (Wildman–Crippen MR) is 111 cm³/mol. The number of benzene rings is 2. The molecule has 0 aliphatic heterocycles. The van der Waals surface area contributed by atoms with Crippen LogP contribution >= 0.6 is 0 Å². The number of nitrogens with one attached hydrogen (secondary N) is 3. The average Bonchev–Trinajstić information content (AvgIpc) is 2.72. The van der Waals surface area contributed by atoms with Crippen molar-refractivity contribution >= 4 is 29.6 Å². The van der Waals surface area contributed by atoms with Gasteiger partial charge in [-0.3, -0.25) is 14.4 Å². The smallest absolute Gasteiger partial charge is 0.329 e. The van der Waals surface area contributed by atoms with Crippen LogP contribution < -0.4 is 20.8 Å². The SMILES string of the molecule is C=CCNC(=O)C(=O)N/N=C\c1ccccc1OCC(=O)Nc1ccccc1C. The van der Waals surface area contributed by atoms with Crippen molar-refractivity contribution in [2.45, 2.75) is 6.92 Å². The molecule has 0 fully saturated rings. The van der Waals surface area contributed by atoms with Gasteiger partial charge >= 0.3 is 11.8 Å². The Morgan fingerprint density at radius 1 is 1.07 bits per heavy atom. The summed E-state index contributed by atoms with van der Waals surface area (Å²) in [5, 5.41) is 8.86. The van der Waals surface area contributed by atoms with Crippen LogP contribution in [0.1, 0.15) is 11.1 Å². The number of para-hydroxylation sites is 2. The fourth-order valence-corrected chi connectivity index (χ4v) is 2.22. The monoisotopic (exact) mass is 394 g/mol. The Labute approximate surface area is 168 Å². The molecule has 8 heteroatoms. The molecule has 2 aromatic carbocycles. The van der Waals surface area contributed by atoms with Crippen molar-refractivity contribution in [1.82, 2.24) is 10.7 Å². The molecule has 0 radical (unpaired) electrons. The highest BCUT2D eigenvalue weighted by atomic mass is 16.5. The zero-order valence-electron chi connectivity index (χ0n) is 16.0. The van der Waals surface area contributed by atoms with Gasteiger partial charge in [0.05, 0.1) is 6.21 Å². The molecule has 0 aliphatic rings. The van der Waals surface area contributed by atoms with Gasteiger partial charge in [-0.15, -0.1) is 6.58 Å². The van der Waals surface area contributed by atoms with E-state index in [1.165, 1.54) is 12.3 Å². The van der Waals surface area contributed by atoms with Crippen molar-refractivity contribution in [2.24, 2.45) is 5.10 Å². The Morgan fingerprint density at radius 3 is 2.55 bits per heavy atom. The summed E-state index contributed by atoms with van der Waals surface area (Å²) < 4.78 is 5.56. The highest BCUT2D eigenvalue weighted by Crippen LogP contribution is 2.16. The maximum absolute atomic E-state index is 12.1. The van der Waals surface area contributed by atoms with Crippen LogP contribution in [0.2, 0.25) is 0 Å². The molecule has 3 N–H and O–H groups in total. The van der Waals surface area contributed by atoms with Gasteiger partial charge in [0.15, 0.2) is 6.61 Å². The van der Waals surface area contributed by atoms with Gasteiger partial charge in [0.2, 0.25) is 0 Å². The minimum absolute atomic E-state index is 0.178. The zero-order valence-corrected chi connectivity index (χ0v) is 16.0. The van der Waals surface area contributed by atoms with E-state index in [0.29, 0.717) is 17.0 Å². The first-order chi connectivity index (χ1) is 14.0. The van der Waals surface area contributed by atoms with Crippen molar-refractivity contribution in [3.63, 3.8) is 0 Å². The molecule has 8 nitrogen and oxygen atoms in total. The molecule has 0 saturated heterocycles. The first-order valence-corrected chi connectivity index (χ1v) is 8.80. The van der Waals surface area contributed by atoms with E-state index >= 15 is 0 Å². The number of hydrogen-bond acceptors (Lipinski definition) is 5. The molecule has 0 aliphatic carbocycles. The molecule has 2 aromatic rings. The van der Waals surface area contributed by atoms with Gasteiger partial charge in [0.1, 0.15) is 5.75 Å². The summed E-state index contributed by atoms with van der Waals surface area (Å²) in [4.78, 5) is 35.2. The zero-order chi connectivity index (χ0) is 21.1. The van der Waals surface area contributed by atoms with E-state index < -0.39 is 11.8 Å². The summed E-state index contributed by atoms with van der Waals surface area (Å²) in [7, 11) is 0. The third-order valence-electron chi connectivity index (χ3n) is 3.68. The van der Waals surface area contributed by atoms with Crippen LogP contribution in [0.25, 0.3) is 0 Å². The van der Waals surface area contributed by atoms with Gasteiger partial charge in [0.25, 0.3) is 5.91 Å². The summed E-state index contributed by atoms with van der Waals surface area (Å²) >= 11 is 0. The summed E-state index contributed by atoms with van der Waals surface area (Å²) in [5.41, 5.74) is 4.31. The van der Waals surface area contributed by atoms with Crippen molar-refractivity contribution < 1.29 is 19.1 Å². The van der Waals surface area contributed by atoms with Crippen LogP contribution in [0.5, 0.6) is 5.75 Å². The Hall–Kier alpha value is -3.94. The molecule has 150 valence electrons. The van der Waals surface area contributed by atoms with Crippen LogP contribution in [0.15, 0.2) is 66.3 Å². The maximum atomic E-state index is 12.1. The molecule has 0 saturated carbocycles. The van der Waals surface area contributed by atoms with E-state index in [-0.39, 0.29) is 19.1 Å². The second kappa shape index (κ2) is 11.0. The van der Waals surface area contributed by atoms with E-state index in [4.69, 9.17) is 4.74 Å². The van der Waals surface area contributed by atoms with E-state index in [2.05, 4.69) is 27.7 Å². The van der Waals surface area contributed by atoms with Crippen LogP contribution in [-0.4, -0.2) is 37.1 Å². The first-order valence-electron chi connectivity index (χ1n) is 8.80. The van der Waals surface area contributed by atoms with Gasteiger partial charge in [-0.2, -0.15) is 5.10 Å². The quantitative estimate of drug-likeness (QED) is 0.274. The molecule has 0 aromatic heterocycles. The summed E-state index contributed by atoms with van der Waals surface area (Å²) in [6, 6.07) is 14.3. The Kier molecular flexibility index (Phi) is 8.12. The number of amides is 3. The van der Waals surface area contributed by atoms with Gasteiger partial charge in [0, 0.05) is 17.8 Å². The standard InChI is InChI=1S/C21H22N4O4/c1-3-12-22-20(27)21(28)25-23-13-16-9-5-7-11-18(16)29-14-19(26)24-17-10-6-4-8-15(17)2/h3-11,13H,1,12,14H2,2H3,(H,22,27)(H,24,26)(H,25,28)/b23-13-. The van der Waals surface area contributed by atoms with Gasteiger partial charge in [-0.1, -0.05) is 36.4 Å². The first kappa shape index (κ1) is 21.4. The average molecular weight is 394 g/mol. The molecule has 3 amide bonds. The van der Waals surface area contributed by atoms with E-state index in [1.54, 1.807) is 24.3 Å². The highest BCUT2D eigenvalue weighted by Gasteiger charge is 2.11. The number of carbonyl (C=O) groups is 3. The van der Waals surface area contributed by atoms with Crippen LogP contribution in [-0.2, 0) is 14.4 Å². The molecule has 0 heterocycles. The Morgan fingerprint density at radius 2 is 1.79 bits per heavy atom. The Bertz CT molecular complexity index is 924. The van der Waals surface area contributed by atoms with Gasteiger partial charge in [-0.05, 0) is 30.7 Å². The number of anilines is 1. The second-order valence-corrected chi connectivity index (χ2v) is 5.89. The van der Waals surface area contributed by atoms with Crippen LogP contribution in [0.3, 0.4) is 0 Å². The van der Waals surface area contributed by atoms with Crippen LogP contribution in [0, 0.1) is 6.92 Å². The molecule has 2 rings (SSSR count). The van der Waals surface area contributed by atoms with E-state index in [0.717, 1.165) is 5.56 Å². The largest absolute Gasteiger partial charge is 0.483 e. The van der Waals surface area contributed by atoms with Gasteiger partial charge in [-0.25, -0.2) is 5.43 Å². The van der Waals surface area contributed by atoms with Crippen molar-refractivity contribution in [3.8, 4) is 5.75 Å². The molecular formula is C21H22N4O4. The van der Waals surface area contributed by atoms with Crippen molar-refractivity contribution in [3.05, 3.63) is 72.3 Å². The number of rotatable bonds is 8. The number of ether oxygens (including phenoxy) is 1. The van der Waals surface area contributed by atoms with Crippen LogP contribution in [0.4, 0.5) is 5.69 Å². The molecule has 0 bridgehead atoms. The van der Waals surface area contributed by atoms with E-state index in [9.17, 15) is 14.4 Å². The number of hydrazone groups is 1. The third-order valence-corrected chi connectivity index (χ3v) is 3.68. The molecule has 0 atom stereocenters. The lowest BCUT2D eigenvalue weighted by Crippen LogP contribution is -2.37. The minimum Gasteiger partial charge on any atom is -0.483 e. The maximum Gasteiger partial charge on any atom is 0.329 e. The fourth-order valence-electron chi connectivity index (χ4n) is 2.22. The lowest BCUT2D eigenvalue weighted by molar-refractivity contribution is -0.139. The number of hydrogen-bond donors (Lipinski definition) is 3. The fraction of sp³-hybridized carbons (Fsp3) is 0.143. The number of carbonyl (C=O) groups excluding carboxylic acids is 3. The van der Waals surface area contributed by atoms with E-state index in [1.807, 2.05) is 31.2 Å². The minimum atomic E-state index is -0.904. The summed E-state index contributed by atoms with van der Waals surface area (Å²) in [6.07, 6.45) is 2.78. The topological polar surface area (TPSA) is 109 Å². The molecule has 0 unspecified atom stereocenters. The highest BCUT2D eigenvalue weighted by molar-refractivity contribution is 6.35. The van der Waals surface area contributed by atoms with Crippen molar-refractivity contribution in [1.29, 1.82) is 0 Å². The Balaban J connectivity index is 1.92. The molecule has 29 heavy (non-hydrogen) atoms.